The molecule has 0 aromatic heterocycles. The van der Waals surface area contributed by atoms with Crippen molar-refractivity contribution in [3.8, 4) is 6.07 Å². The average Bonchev–Trinajstić information content (AvgIpc) is 2.76. The summed E-state index contributed by atoms with van der Waals surface area (Å²) in [4.78, 5) is 11.5. The predicted molar refractivity (Wildman–Crippen MR) is 73.0 cm³/mol. The molecule has 0 bridgehead atoms. The van der Waals surface area contributed by atoms with Crippen LogP contribution in [0.2, 0.25) is 6.32 Å². The van der Waals surface area contributed by atoms with Crippen molar-refractivity contribution >= 4 is 13.1 Å². The molecule has 2 rings (SSSR count). The fourth-order valence-electron chi connectivity index (χ4n) is 3.03. The highest BCUT2D eigenvalue weighted by Gasteiger charge is 2.38. The molecule has 1 aromatic rings. The van der Waals surface area contributed by atoms with Gasteiger partial charge in [0.2, 0.25) is 0 Å². The van der Waals surface area contributed by atoms with E-state index in [1.807, 2.05) is 0 Å². The standard InChI is InChI=1S/C14H16BNO4/c16-8-10-3-1-5-11-12(10)7-9(13(11)14(17)18)4-2-6-15(19)20/h1,3,5,9,13,19-20H,2,4,6-7H2,(H,17,18). The average molecular weight is 273 g/mol. The van der Waals surface area contributed by atoms with E-state index >= 15 is 0 Å². The third-order valence-corrected chi connectivity index (χ3v) is 3.91. The van der Waals surface area contributed by atoms with Gasteiger partial charge in [0.25, 0.3) is 0 Å². The Morgan fingerprint density at radius 3 is 2.80 bits per heavy atom. The Kier molecular flexibility index (Phi) is 4.43. The van der Waals surface area contributed by atoms with Crippen LogP contribution in [0.15, 0.2) is 18.2 Å². The molecule has 0 heterocycles. The quantitative estimate of drug-likeness (QED) is 0.698. The van der Waals surface area contributed by atoms with Crippen molar-refractivity contribution in [2.45, 2.75) is 31.5 Å². The maximum Gasteiger partial charge on any atom is 0.451 e. The summed E-state index contributed by atoms with van der Waals surface area (Å²) >= 11 is 0. The van der Waals surface area contributed by atoms with E-state index in [9.17, 15) is 9.90 Å². The van der Waals surface area contributed by atoms with Crippen molar-refractivity contribution < 1.29 is 19.9 Å². The minimum Gasteiger partial charge on any atom is -0.481 e. The van der Waals surface area contributed by atoms with E-state index in [1.54, 1.807) is 18.2 Å². The first-order valence-electron chi connectivity index (χ1n) is 6.65. The van der Waals surface area contributed by atoms with Gasteiger partial charge in [-0.25, -0.2) is 0 Å². The summed E-state index contributed by atoms with van der Waals surface area (Å²) in [5.74, 6) is -1.57. The largest absolute Gasteiger partial charge is 0.481 e. The van der Waals surface area contributed by atoms with Gasteiger partial charge in [0.1, 0.15) is 0 Å². The SMILES string of the molecule is N#Cc1cccc2c1CC(CCCB(O)O)C2C(=O)O. The van der Waals surface area contributed by atoms with Crippen LogP contribution in [0.25, 0.3) is 0 Å². The summed E-state index contributed by atoms with van der Waals surface area (Å²) in [5, 5.41) is 36.2. The predicted octanol–water partition coefficient (Wildman–Crippen LogP) is 1.15. The van der Waals surface area contributed by atoms with Crippen LogP contribution in [0.1, 0.15) is 35.4 Å². The van der Waals surface area contributed by atoms with Crippen LogP contribution in [-0.4, -0.2) is 28.2 Å². The highest BCUT2D eigenvalue weighted by molar-refractivity contribution is 6.40. The van der Waals surface area contributed by atoms with E-state index in [0.717, 1.165) is 11.1 Å². The number of fused-ring (bicyclic) bond motifs is 1. The summed E-state index contributed by atoms with van der Waals surface area (Å²) in [7, 11) is -1.35. The normalized spacial score (nSPS) is 20.2. The number of carboxylic acid groups (broad SMARTS) is 1. The van der Waals surface area contributed by atoms with Crippen molar-refractivity contribution in [3.05, 3.63) is 34.9 Å². The molecule has 5 nitrogen and oxygen atoms in total. The fraction of sp³-hybridized carbons (Fsp3) is 0.429. The van der Waals surface area contributed by atoms with Gasteiger partial charge < -0.3 is 15.2 Å². The second kappa shape index (κ2) is 6.08. The van der Waals surface area contributed by atoms with Crippen molar-refractivity contribution in [1.82, 2.24) is 0 Å². The molecule has 1 aliphatic rings. The molecule has 0 saturated carbocycles. The highest BCUT2D eigenvalue weighted by Crippen LogP contribution is 2.42. The second-order valence-corrected chi connectivity index (χ2v) is 5.18. The monoisotopic (exact) mass is 273 g/mol. The van der Waals surface area contributed by atoms with Gasteiger partial charge in [-0.1, -0.05) is 18.6 Å². The molecule has 1 aromatic carbocycles. The van der Waals surface area contributed by atoms with Gasteiger partial charge in [-0.05, 0) is 42.3 Å². The van der Waals surface area contributed by atoms with Crippen molar-refractivity contribution in [2.75, 3.05) is 0 Å². The maximum atomic E-state index is 11.5. The lowest BCUT2D eigenvalue weighted by Crippen LogP contribution is -2.18. The topological polar surface area (TPSA) is 102 Å². The van der Waals surface area contributed by atoms with Crippen LogP contribution >= 0.6 is 0 Å². The number of carbonyl (C=O) groups is 1. The third kappa shape index (κ3) is 2.84. The van der Waals surface area contributed by atoms with Crippen LogP contribution in [0.5, 0.6) is 0 Å². The van der Waals surface area contributed by atoms with Gasteiger partial charge in [0.15, 0.2) is 0 Å². The number of benzene rings is 1. The first kappa shape index (κ1) is 14.6. The first-order valence-corrected chi connectivity index (χ1v) is 6.65. The van der Waals surface area contributed by atoms with E-state index in [1.165, 1.54) is 0 Å². The number of carboxylic acids is 1. The lowest BCUT2D eigenvalue weighted by atomic mass is 9.80. The Labute approximate surface area is 117 Å². The lowest BCUT2D eigenvalue weighted by Gasteiger charge is -2.16. The van der Waals surface area contributed by atoms with E-state index < -0.39 is 19.0 Å². The zero-order valence-corrected chi connectivity index (χ0v) is 11.0. The molecular formula is C14H16BNO4. The number of rotatable bonds is 5. The molecule has 20 heavy (non-hydrogen) atoms. The van der Waals surface area contributed by atoms with E-state index in [-0.39, 0.29) is 12.2 Å². The Hall–Kier alpha value is -1.84. The van der Waals surface area contributed by atoms with Crippen molar-refractivity contribution in [3.63, 3.8) is 0 Å². The molecule has 2 unspecified atom stereocenters. The molecule has 2 atom stereocenters. The fourth-order valence-corrected chi connectivity index (χ4v) is 3.03. The van der Waals surface area contributed by atoms with E-state index in [0.29, 0.717) is 24.8 Å². The van der Waals surface area contributed by atoms with E-state index in [2.05, 4.69) is 6.07 Å². The Bertz CT molecular complexity index is 553. The number of hydrogen-bond acceptors (Lipinski definition) is 4. The Morgan fingerprint density at radius 1 is 1.45 bits per heavy atom. The molecule has 0 amide bonds. The maximum absolute atomic E-state index is 11.5. The minimum absolute atomic E-state index is 0.0873. The third-order valence-electron chi connectivity index (χ3n) is 3.91. The van der Waals surface area contributed by atoms with Gasteiger partial charge in [0.05, 0.1) is 17.6 Å². The summed E-state index contributed by atoms with van der Waals surface area (Å²) < 4.78 is 0. The number of hydrogen-bond donors (Lipinski definition) is 3. The molecule has 104 valence electrons. The number of nitriles is 1. The molecule has 1 aliphatic carbocycles. The van der Waals surface area contributed by atoms with Gasteiger partial charge in [-0.2, -0.15) is 5.26 Å². The first-order chi connectivity index (χ1) is 9.54. The van der Waals surface area contributed by atoms with Crippen LogP contribution in [-0.2, 0) is 11.2 Å². The molecule has 0 saturated heterocycles. The minimum atomic E-state index is -1.35. The van der Waals surface area contributed by atoms with E-state index in [4.69, 9.17) is 15.3 Å². The van der Waals surface area contributed by atoms with Crippen molar-refractivity contribution in [1.29, 1.82) is 5.26 Å². The van der Waals surface area contributed by atoms with Gasteiger partial charge in [0, 0.05) is 0 Å². The molecule has 6 heteroatoms. The summed E-state index contributed by atoms with van der Waals surface area (Å²) in [6.45, 7) is 0. The molecular weight excluding hydrogens is 257 g/mol. The van der Waals surface area contributed by atoms with Gasteiger partial charge in [-0.15, -0.1) is 0 Å². The van der Waals surface area contributed by atoms with Crippen LogP contribution in [0.3, 0.4) is 0 Å². The van der Waals surface area contributed by atoms with Crippen LogP contribution < -0.4 is 0 Å². The molecule has 0 spiro atoms. The van der Waals surface area contributed by atoms with Gasteiger partial charge >= 0.3 is 13.1 Å². The second-order valence-electron chi connectivity index (χ2n) is 5.18. The molecule has 3 N–H and O–H groups in total. The summed E-state index contributed by atoms with van der Waals surface area (Å²) in [5.41, 5.74) is 2.10. The van der Waals surface area contributed by atoms with Crippen LogP contribution in [0.4, 0.5) is 0 Å². The number of nitrogens with zero attached hydrogens (tertiary/aromatic N) is 1. The summed E-state index contributed by atoms with van der Waals surface area (Å²) in [6, 6.07) is 7.30. The molecule has 0 aliphatic heterocycles. The zero-order chi connectivity index (χ0) is 14.7. The molecule has 0 fully saturated rings. The highest BCUT2D eigenvalue weighted by atomic mass is 16.4. The smallest absolute Gasteiger partial charge is 0.451 e. The zero-order valence-electron chi connectivity index (χ0n) is 11.0. The Balaban J connectivity index is 2.21. The van der Waals surface area contributed by atoms with Crippen LogP contribution in [0, 0.1) is 17.2 Å². The summed E-state index contributed by atoms with van der Waals surface area (Å²) in [6.07, 6.45) is 1.97. The van der Waals surface area contributed by atoms with Gasteiger partial charge in [-0.3, -0.25) is 4.79 Å². The van der Waals surface area contributed by atoms with Crippen molar-refractivity contribution in [2.24, 2.45) is 5.92 Å². The lowest BCUT2D eigenvalue weighted by molar-refractivity contribution is -0.139. The molecule has 0 radical (unpaired) electrons. The Morgan fingerprint density at radius 2 is 2.20 bits per heavy atom. The number of aliphatic carboxylic acids is 1.